The van der Waals surface area contributed by atoms with Crippen molar-refractivity contribution in [1.29, 1.82) is 0 Å². The van der Waals surface area contributed by atoms with E-state index in [9.17, 15) is 79.0 Å². The fraction of sp³-hybridized carbons (Fsp3) is 0.667. The Morgan fingerprint density at radius 2 is 0.833 bits per heavy atom. The molecule has 0 bridgehead atoms. The van der Waals surface area contributed by atoms with Crippen LogP contribution in [0.15, 0.2) is 24.6 Å². The third-order valence-electron chi connectivity index (χ3n) is 3.24. The minimum absolute atomic E-state index is 1.37. The van der Waals surface area contributed by atoms with Crippen molar-refractivity contribution in [2.75, 3.05) is 0 Å². The topological polar surface area (TPSA) is 0 Å². The third-order valence-corrected chi connectivity index (χ3v) is 3.24. The molecular formula is C12H4F18. The highest BCUT2D eigenvalue weighted by atomic mass is 19.4. The van der Waals surface area contributed by atoms with E-state index in [4.69, 9.17) is 0 Å². The lowest BCUT2D eigenvalue weighted by atomic mass is 9.95. The molecule has 0 heterocycles. The Bertz CT molecular complexity index is 678. The predicted molar refractivity (Wildman–Crippen MR) is 60.1 cm³/mol. The van der Waals surface area contributed by atoms with E-state index in [1.165, 1.54) is 0 Å². The summed E-state index contributed by atoms with van der Waals surface area (Å²) in [6.45, 7) is 1.86. The van der Waals surface area contributed by atoms with Gasteiger partial charge in [-0.1, -0.05) is 6.58 Å². The second kappa shape index (κ2) is 7.13. The third kappa shape index (κ3) is 3.80. The molecule has 0 radical (unpaired) electrons. The van der Waals surface area contributed by atoms with Crippen molar-refractivity contribution in [2.45, 2.75) is 47.6 Å². The van der Waals surface area contributed by atoms with Crippen molar-refractivity contribution in [3.05, 3.63) is 24.6 Å². The number of rotatable bonds is 8. The quantitative estimate of drug-likeness (QED) is 0.253. The minimum atomic E-state index is -7.82. The molecule has 0 rings (SSSR count). The molecule has 30 heavy (non-hydrogen) atoms. The fourth-order valence-corrected chi connectivity index (χ4v) is 1.41. The summed E-state index contributed by atoms with van der Waals surface area (Å²) in [5.74, 6) is -56.7. The van der Waals surface area contributed by atoms with Crippen molar-refractivity contribution in [3.63, 3.8) is 0 Å². The average molecular weight is 490 g/mol. The first kappa shape index (κ1) is 28.2. The van der Waals surface area contributed by atoms with E-state index in [0.29, 0.717) is 0 Å². The molecular weight excluding hydrogens is 486 g/mol. The van der Waals surface area contributed by atoms with Gasteiger partial charge in [0.25, 0.3) is 0 Å². The molecule has 0 nitrogen and oxygen atoms in total. The predicted octanol–water partition coefficient (Wildman–Crippen LogP) is 7.04. The standard InChI is InChI=1S/C12H4F18/c1-2-5(14,15)8(20,21)10(24,25)7(18,19)4(13)3-6(16,17)9(22,23)11(26,27)12(28,29)30/h2-3H,1H2. The number of hydrogen-bond donors (Lipinski definition) is 0. The number of halogens is 18. The molecule has 0 saturated heterocycles. The molecule has 0 aliphatic carbocycles. The first-order chi connectivity index (χ1) is 12.7. The van der Waals surface area contributed by atoms with Crippen LogP contribution in [-0.4, -0.2) is 47.6 Å². The average Bonchev–Trinajstić information content (AvgIpc) is 2.52. The zero-order valence-corrected chi connectivity index (χ0v) is 13.2. The smallest absolute Gasteiger partial charge is 0.205 e. The van der Waals surface area contributed by atoms with Gasteiger partial charge in [0, 0.05) is 6.08 Å². The van der Waals surface area contributed by atoms with Crippen LogP contribution in [-0.2, 0) is 0 Å². The van der Waals surface area contributed by atoms with Gasteiger partial charge in [0.05, 0.1) is 0 Å². The van der Waals surface area contributed by atoms with Gasteiger partial charge < -0.3 is 0 Å². The van der Waals surface area contributed by atoms with Crippen LogP contribution in [0.1, 0.15) is 0 Å². The van der Waals surface area contributed by atoms with E-state index < -0.39 is 65.6 Å². The van der Waals surface area contributed by atoms with Gasteiger partial charge in [0.2, 0.25) is 0 Å². The normalized spacial score (nSPS) is 16.7. The van der Waals surface area contributed by atoms with Crippen molar-refractivity contribution < 1.29 is 79.0 Å². The fourth-order valence-electron chi connectivity index (χ4n) is 1.41. The zero-order valence-electron chi connectivity index (χ0n) is 13.2. The minimum Gasteiger partial charge on any atom is -0.205 e. The summed E-state index contributed by atoms with van der Waals surface area (Å²) < 4.78 is 229. The highest BCUT2D eigenvalue weighted by molar-refractivity contribution is 5.22. The lowest BCUT2D eigenvalue weighted by molar-refractivity contribution is -0.388. The van der Waals surface area contributed by atoms with Crippen LogP contribution < -0.4 is 0 Å². The molecule has 0 aromatic carbocycles. The summed E-state index contributed by atoms with van der Waals surface area (Å²) in [4.78, 5) is 0. The zero-order chi connectivity index (χ0) is 25.0. The van der Waals surface area contributed by atoms with Crippen LogP contribution in [0.25, 0.3) is 0 Å². The second-order valence-corrected chi connectivity index (χ2v) is 5.31. The highest BCUT2D eigenvalue weighted by Crippen LogP contribution is 2.57. The van der Waals surface area contributed by atoms with E-state index in [1.807, 2.05) is 6.58 Å². The van der Waals surface area contributed by atoms with Crippen LogP contribution >= 0.6 is 0 Å². The van der Waals surface area contributed by atoms with E-state index >= 15 is 0 Å². The number of hydrogen-bond acceptors (Lipinski definition) is 0. The maximum absolute atomic E-state index is 13.2. The molecule has 0 atom stereocenters. The van der Waals surface area contributed by atoms with E-state index in [1.54, 1.807) is 0 Å². The van der Waals surface area contributed by atoms with Crippen molar-refractivity contribution in [2.24, 2.45) is 0 Å². The van der Waals surface area contributed by atoms with Crippen LogP contribution in [0, 0.1) is 0 Å². The molecule has 0 fully saturated rings. The Balaban J connectivity index is 6.57. The summed E-state index contributed by atoms with van der Waals surface area (Å²) in [6, 6.07) is 0. The summed E-state index contributed by atoms with van der Waals surface area (Å²) in [6.07, 6.45) is -11.8. The van der Waals surface area contributed by atoms with Gasteiger partial charge in [-0.15, -0.1) is 0 Å². The second-order valence-electron chi connectivity index (χ2n) is 5.31. The maximum atomic E-state index is 13.2. The van der Waals surface area contributed by atoms with Gasteiger partial charge in [0.15, 0.2) is 5.83 Å². The molecule has 0 amide bonds. The lowest BCUT2D eigenvalue weighted by Crippen LogP contribution is -2.62. The van der Waals surface area contributed by atoms with E-state index in [2.05, 4.69) is 0 Å². The highest BCUT2D eigenvalue weighted by Gasteiger charge is 2.83. The molecule has 0 unspecified atom stereocenters. The van der Waals surface area contributed by atoms with Crippen molar-refractivity contribution >= 4 is 0 Å². The summed E-state index contributed by atoms with van der Waals surface area (Å²) in [7, 11) is 0. The largest absolute Gasteiger partial charge is 0.460 e. The summed E-state index contributed by atoms with van der Waals surface area (Å²) in [5.41, 5.74) is 0. The Hall–Kier alpha value is -1.78. The molecule has 0 spiro atoms. The van der Waals surface area contributed by atoms with E-state index in [-0.39, 0.29) is 0 Å². The van der Waals surface area contributed by atoms with Gasteiger partial charge in [-0.25, -0.2) is 4.39 Å². The molecule has 0 aromatic heterocycles. The molecule has 0 aromatic rings. The first-order valence-corrected chi connectivity index (χ1v) is 6.43. The van der Waals surface area contributed by atoms with Gasteiger partial charge in [0.1, 0.15) is 0 Å². The van der Waals surface area contributed by atoms with Crippen LogP contribution in [0.2, 0.25) is 0 Å². The lowest BCUT2D eigenvalue weighted by Gasteiger charge is -2.36. The number of allylic oxidation sites excluding steroid dienone is 3. The first-order valence-electron chi connectivity index (χ1n) is 6.43. The summed E-state index contributed by atoms with van der Waals surface area (Å²) in [5, 5.41) is 0. The van der Waals surface area contributed by atoms with Gasteiger partial charge in [-0.3, -0.25) is 0 Å². The summed E-state index contributed by atoms with van der Waals surface area (Å²) >= 11 is 0. The van der Waals surface area contributed by atoms with Crippen LogP contribution in [0.5, 0.6) is 0 Å². The SMILES string of the molecule is C=CC(F)(F)C(F)(F)C(F)(F)C(F)(F)C(F)=CC(F)(F)C(F)(F)C(F)(F)C(F)(F)F. The van der Waals surface area contributed by atoms with E-state index in [0.717, 1.165) is 0 Å². The Morgan fingerprint density at radius 3 is 1.13 bits per heavy atom. The molecule has 178 valence electrons. The Morgan fingerprint density at radius 1 is 0.500 bits per heavy atom. The van der Waals surface area contributed by atoms with Crippen LogP contribution in [0.4, 0.5) is 79.0 Å². The number of alkyl halides is 17. The Labute approximate surface area is 152 Å². The monoisotopic (exact) mass is 490 g/mol. The Kier molecular flexibility index (Phi) is 6.71. The molecule has 0 aliphatic rings. The maximum Gasteiger partial charge on any atom is 0.460 e. The van der Waals surface area contributed by atoms with Crippen molar-refractivity contribution in [1.82, 2.24) is 0 Å². The molecule has 0 aliphatic heterocycles. The van der Waals surface area contributed by atoms with Crippen molar-refractivity contribution in [3.8, 4) is 0 Å². The van der Waals surface area contributed by atoms with Gasteiger partial charge in [-0.05, 0) is 6.08 Å². The van der Waals surface area contributed by atoms with Gasteiger partial charge in [-0.2, -0.15) is 74.6 Å². The van der Waals surface area contributed by atoms with Crippen LogP contribution in [0.3, 0.4) is 0 Å². The molecule has 0 N–H and O–H groups in total. The van der Waals surface area contributed by atoms with Gasteiger partial charge >= 0.3 is 47.6 Å². The molecule has 18 heteroatoms. The molecule has 0 saturated carbocycles.